The van der Waals surface area contributed by atoms with Crippen LogP contribution in [0.1, 0.15) is 16.1 Å². The number of carbonyl (C=O) groups is 1. The number of rotatable bonds is 2. The molecule has 1 aromatic heterocycles. The third-order valence-electron chi connectivity index (χ3n) is 1.85. The van der Waals surface area contributed by atoms with E-state index >= 15 is 0 Å². The first-order valence-corrected chi connectivity index (χ1v) is 3.88. The summed E-state index contributed by atoms with van der Waals surface area (Å²) in [5, 5.41) is 17.1. The average Bonchev–Trinajstić information content (AvgIpc) is 2.11. The number of hydrogen-bond acceptors (Lipinski definition) is 3. The van der Waals surface area contributed by atoms with Gasteiger partial charge in [0, 0.05) is 5.69 Å². The lowest BCUT2D eigenvalue weighted by Gasteiger charge is -2.05. The molecule has 0 aliphatic rings. The van der Waals surface area contributed by atoms with Gasteiger partial charge in [-0.2, -0.15) is 5.26 Å². The summed E-state index contributed by atoms with van der Waals surface area (Å²) < 4.78 is 1.13. The molecule has 0 amide bonds. The zero-order valence-corrected chi connectivity index (χ0v) is 7.52. The number of nitrogens with zero attached hydrogens (tertiary/aromatic N) is 2. The standard InChI is InChI=1S/C9H8N2O3/c1-6-2-3-7(9(13)14)8(12)11(6)5-4-10/h2-3H,5H2,1H3,(H,13,14). The minimum Gasteiger partial charge on any atom is -0.477 e. The van der Waals surface area contributed by atoms with E-state index in [0.717, 1.165) is 4.57 Å². The van der Waals surface area contributed by atoms with Crippen molar-refractivity contribution in [1.29, 1.82) is 5.26 Å². The Morgan fingerprint density at radius 3 is 2.79 bits per heavy atom. The van der Waals surface area contributed by atoms with E-state index in [1.54, 1.807) is 13.0 Å². The largest absolute Gasteiger partial charge is 0.477 e. The molecule has 0 bridgehead atoms. The molecule has 0 aromatic carbocycles. The van der Waals surface area contributed by atoms with Crippen LogP contribution in [-0.2, 0) is 6.54 Å². The SMILES string of the molecule is Cc1ccc(C(=O)O)c(=O)n1CC#N. The van der Waals surface area contributed by atoms with E-state index in [0.29, 0.717) is 5.69 Å². The van der Waals surface area contributed by atoms with E-state index in [4.69, 9.17) is 10.4 Å². The molecular formula is C9H8N2O3. The summed E-state index contributed by atoms with van der Waals surface area (Å²) >= 11 is 0. The van der Waals surface area contributed by atoms with Crippen molar-refractivity contribution in [3.05, 3.63) is 33.7 Å². The van der Waals surface area contributed by atoms with Gasteiger partial charge in [-0.15, -0.1) is 0 Å². The highest BCUT2D eigenvalue weighted by Crippen LogP contribution is 1.98. The van der Waals surface area contributed by atoms with Crippen LogP contribution in [-0.4, -0.2) is 15.6 Å². The molecule has 0 saturated heterocycles. The average molecular weight is 192 g/mol. The Morgan fingerprint density at radius 2 is 2.29 bits per heavy atom. The quantitative estimate of drug-likeness (QED) is 0.734. The van der Waals surface area contributed by atoms with Crippen LogP contribution in [0, 0.1) is 18.3 Å². The van der Waals surface area contributed by atoms with Crippen molar-refractivity contribution in [3.8, 4) is 6.07 Å². The maximum absolute atomic E-state index is 11.5. The van der Waals surface area contributed by atoms with Gasteiger partial charge in [-0.3, -0.25) is 9.36 Å². The van der Waals surface area contributed by atoms with Crippen LogP contribution in [0.5, 0.6) is 0 Å². The number of carboxylic acid groups (broad SMARTS) is 1. The van der Waals surface area contributed by atoms with Crippen molar-refractivity contribution in [2.45, 2.75) is 13.5 Å². The second kappa shape index (κ2) is 3.75. The number of hydrogen-bond donors (Lipinski definition) is 1. The topological polar surface area (TPSA) is 83.1 Å². The molecule has 5 nitrogen and oxygen atoms in total. The van der Waals surface area contributed by atoms with Gasteiger partial charge in [-0.1, -0.05) is 0 Å². The Labute approximate surface area is 79.8 Å². The zero-order chi connectivity index (χ0) is 10.7. The zero-order valence-electron chi connectivity index (χ0n) is 7.52. The number of nitriles is 1. The molecule has 0 unspecified atom stereocenters. The summed E-state index contributed by atoms with van der Waals surface area (Å²) in [6.45, 7) is 1.51. The van der Waals surface area contributed by atoms with Crippen LogP contribution in [0.25, 0.3) is 0 Å². The van der Waals surface area contributed by atoms with E-state index in [9.17, 15) is 9.59 Å². The first kappa shape index (κ1) is 9.99. The van der Waals surface area contributed by atoms with Crippen LogP contribution in [0.4, 0.5) is 0 Å². The molecular weight excluding hydrogens is 184 g/mol. The van der Waals surface area contributed by atoms with E-state index in [1.807, 2.05) is 0 Å². The van der Waals surface area contributed by atoms with Crippen molar-refractivity contribution in [1.82, 2.24) is 4.57 Å². The van der Waals surface area contributed by atoms with Gasteiger partial charge in [0.15, 0.2) is 0 Å². The minimum atomic E-state index is -1.28. The summed E-state index contributed by atoms with van der Waals surface area (Å²) in [4.78, 5) is 22.0. The van der Waals surface area contributed by atoms with Gasteiger partial charge in [0.1, 0.15) is 12.1 Å². The number of aryl methyl sites for hydroxylation is 1. The molecule has 1 rings (SSSR count). The summed E-state index contributed by atoms with van der Waals surface area (Å²) in [5.74, 6) is -1.28. The Balaban J connectivity index is 3.43. The lowest BCUT2D eigenvalue weighted by molar-refractivity contribution is 0.0694. The van der Waals surface area contributed by atoms with Crippen LogP contribution in [0.3, 0.4) is 0 Å². The van der Waals surface area contributed by atoms with E-state index in [-0.39, 0.29) is 12.1 Å². The third kappa shape index (κ3) is 1.64. The van der Waals surface area contributed by atoms with E-state index in [2.05, 4.69) is 0 Å². The molecule has 0 spiro atoms. The highest BCUT2D eigenvalue weighted by Gasteiger charge is 2.11. The predicted octanol–water partition coefficient (Wildman–Crippen LogP) is 0.378. The lowest BCUT2D eigenvalue weighted by Crippen LogP contribution is -2.27. The normalized spacial score (nSPS) is 9.43. The van der Waals surface area contributed by atoms with Gasteiger partial charge >= 0.3 is 5.97 Å². The molecule has 0 atom stereocenters. The highest BCUT2D eigenvalue weighted by molar-refractivity contribution is 5.87. The summed E-state index contributed by atoms with van der Waals surface area (Å²) in [6.07, 6.45) is 0. The van der Waals surface area contributed by atoms with Crippen molar-refractivity contribution in [3.63, 3.8) is 0 Å². The van der Waals surface area contributed by atoms with Crippen molar-refractivity contribution in [2.24, 2.45) is 0 Å². The molecule has 0 aliphatic heterocycles. The first-order chi connectivity index (χ1) is 6.57. The van der Waals surface area contributed by atoms with Crippen molar-refractivity contribution < 1.29 is 9.90 Å². The third-order valence-corrected chi connectivity index (χ3v) is 1.85. The first-order valence-electron chi connectivity index (χ1n) is 3.88. The molecule has 1 heterocycles. The molecule has 0 aliphatic carbocycles. The van der Waals surface area contributed by atoms with E-state index < -0.39 is 11.5 Å². The monoisotopic (exact) mass is 192 g/mol. The number of carboxylic acids is 1. The number of aromatic carboxylic acids is 1. The van der Waals surface area contributed by atoms with Crippen molar-refractivity contribution in [2.75, 3.05) is 0 Å². The fourth-order valence-corrected chi connectivity index (χ4v) is 1.10. The second-order valence-electron chi connectivity index (χ2n) is 2.74. The molecule has 1 aromatic rings. The molecule has 14 heavy (non-hydrogen) atoms. The summed E-state index contributed by atoms with van der Waals surface area (Å²) in [5.41, 5.74) is -0.383. The van der Waals surface area contributed by atoms with Gasteiger partial charge in [0.05, 0.1) is 6.07 Å². The van der Waals surface area contributed by atoms with Gasteiger partial charge in [-0.05, 0) is 19.1 Å². The second-order valence-corrected chi connectivity index (χ2v) is 2.74. The minimum absolute atomic E-state index is 0.133. The number of aromatic nitrogens is 1. The van der Waals surface area contributed by atoms with E-state index in [1.165, 1.54) is 12.1 Å². The van der Waals surface area contributed by atoms with Crippen LogP contribution >= 0.6 is 0 Å². The molecule has 72 valence electrons. The molecule has 1 N–H and O–H groups in total. The Kier molecular flexibility index (Phi) is 2.67. The maximum atomic E-state index is 11.5. The lowest BCUT2D eigenvalue weighted by atomic mass is 10.2. The van der Waals surface area contributed by atoms with Crippen LogP contribution in [0.2, 0.25) is 0 Å². The Bertz CT molecular complexity index is 468. The fraction of sp³-hybridized carbons (Fsp3) is 0.222. The summed E-state index contributed by atoms with van der Waals surface area (Å²) in [7, 11) is 0. The maximum Gasteiger partial charge on any atom is 0.341 e. The van der Waals surface area contributed by atoms with Gasteiger partial charge in [0.25, 0.3) is 5.56 Å². The molecule has 0 saturated carbocycles. The van der Waals surface area contributed by atoms with Crippen molar-refractivity contribution >= 4 is 5.97 Å². The smallest absolute Gasteiger partial charge is 0.341 e. The van der Waals surface area contributed by atoms with Gasteiger partial charge in [0.2, 0.25) is 0 Å². The Hall–Kier alpha value is -2.09. The van der Waals surface area contributed by atoms with Crippen LogP contribution < -0.4 is 5.56 Å². The van der Waals surface area contributed by atoms with Gasteiger partial charge < -0.3 is 5.11 Å². The summed E-state index contributed by atoms with van der Waals surface area (Å²) in [6, 6.07) is 4.55. The van der Waals surface area contributed by atoms with Crippen LogP contribution in [0.15, 0.2) is 16.9 Å². The molecule has 0 radical (unpaired) electrons. The predicted molar refractivity (Wildman–Crippen MR) is 48.0 cm³/mol. The highest BCUT2D eigenvalue weighted by atomic mass is 16.4. The molecule has 0 fully saturated rings. The Morgan fingerprint density at radius 1 is 1.64 bits per heavy atom. The van der Waals surface area contributed by atoms with Gasteiger partial charge in [-0.25, -0.2) is 4.79 Å². The molecule has 5 heteroatoms. The number of pyridine rings is 1. The fourth-order valence-electron chi connectivity index (χ4n) is 1.10.